The van der Waals surface area contributed by atoms with Crippen molar-refractivity contribution in [3.05, 3.63) is 36.3 Å². The van der Waals surface area contributed by atoms with Crippen molar-refractivity contribution in [2.24, 2.45) is 0 Å². The number of aryl methyl sites for hydroxylation is 1. The molecule has 0 N–H and O–H groups in total. The van der Waals surface area contributed by atoms with Crippen LogP contribution in [0.15, 0.2) is 30.6 Å². The van der Waals surface area contributed by atoms with Gasteiger partial charge in [0, 0.05) is 24.5 Å². The third-order valence-corrected chi connectivity index (χ3v) is 4.40. The predicted octanol–water partition coefficient (Wildman–Crippen LogP) is 2.73. The molecule has 2 aromatic heterocycles. The van der Waals surface area contributed by atoms with Crippen molar-refractivity contribution in [2.75, 3.05) is 4.90 Å². The second-order valence-corrected chi connectivity index (χ2v) is 5.82. The van der Waals surface area contributed by atoms with Crippen LogP contribution in [-0.4, -0.2) is 26.7 Å². The van der Waals surface area contributed by atoms with Crippen molar-refractivity contribution in [1.29, 1.82) is 0 Å². The Labute approximate surface area is 112 Å². The van der Waals surface area contributed by atoms with Gasteiger partial charge in [-0.05, 0) is 38.7 Å². The van der Waals surface area contributed by atoms with E-state index >= 15 is 0 Å². The Balaban J connectivity index is 1.85. The molecule has 2 aliphatic heterocycles. The summed E-state index contributed by atoms with van der Waals surface area (Å²) < 4.78 is 1.94. The van der Waals surface area contributed by atoms with Crippen LogP contribution < -0.4 is 4.90 Å². The second-order valence-electron chi connectivity index (χ2n) is 5.82. The van der Waals surface area contributed by atoms with Crippen molar-refractivity contribution in [3.8, 4) is 0 Å². The maximum Gasteiger partial charge on any atom is 0.155 e. The van der Waals surface area contributed by atoms with Gasteiger partial charge in [0.25, 0.3) is 0 Å². The Morgan fingerprint density at radius 1 is 1.26 bits per heavy atom. The number of anilines is 1. The fourth-order valence-electron chi connectivity index (χ4n) is 3.69. The molecule has 98 valence electrons. The first-order valence-electron chi connectivity index (χ1n) is 6.98. The Hall–Kier alpha value is -1.84. The first-order chi connectivity index (χ1) is 9.22. The summed E-state index contributed by atoms with van der Waals surface area (Å²) in [4.78, 5) is 7.16. The second kappa shape index (κ2) is 3.83. The summed E-state index contributed by atoms with van der Waals surface area (Å²) in [5, 5.41) is 4.49. The molecule has 0 aliphatic carbocycles. The van der Waals surface area contributed by atoms with Gasteiger partial charge < -0.3 is 4.90 Å². The Morgan fingerprint density at radius 3 is 2.74 bits per heavy atom. The smallest absolute Gasteiger partial charge is 0.155 e. The molecule has 0 aromatic carbocycles. The van der Waals surface area contributed by atoms with Gasteiger partial charge in [-0.1, -0.05) is 12.2 Å². The molecule has 4 heterocycles. The van der Waals surface area contributed by atoms with E-state index in [-0.39, 0.29) is 0 Å². The van der Waals surface area contributed by atoms with Crippen molar-refractivity contribution in [2.45, 2.75) is 44.7 Å². The minimum atomic E-state index is 0.583. The highest BCUT2D eigenvalue weighted by molar-refractivity contribution is 5.70. The summed E-state index contributed by atoms with van der Waals surface area (Å²) in [6.07, 6.45) is 8.55. The minimum Gasteiger partial charge on any atom is -0.348 e. The molecule has 2 saturated heterocycles. The monoisotopic (exact) mass is 254 g/mol. The Kier molecular flexibility index (Phi) is 2.22. The molecule has 2 aromatic rings. The summed E-state index contributed by atoms with van der Waals surface area (Å²) in [6.45, 7) is 6.22. The maximum absolute atomic E-state index is 4.65. The number of rotatable bonds is 1. The van der Waals surface area contributed by atoms with Gasteiger partial charge >= 0.3 is 0 Å². The van der Waals surface area contributed by atoms with E-state index in [0.29, 0.717) is 12.1 Å². The number of hydrogen-bond donors (Lipinski definition) is 0. The average Bonchev–Trinajstić information content (AvgIpc) is 2.87. The van der Waals surface area contributed by atoms with Gasteiger partial charge in [0.15, 0.2) is 5.82 Å². The molecule has 2 unspecified atom stereocenters. The lowest BCUT2D eigenvalue weighted by molar-refractivity contribution is 0.546. The maximum atomic E-state index is 4.65. The lowest BCUT2D eigenvalue weighted by Gasteiger charge is -2.37. The van der Waals surface area contributed by atoms with Crippen LogP contribution in [0.5, 0.6) is 0 Å². The molecule has 2 fully saturated rings. The number of nitrogens with zero attached hydrogens (tertiary/aromatic N) is 4. The molecule has 4 heteroatoms. The molecular weight excluding hydrogens is 236 g/mol. The van der Waals surface area contributed by atoms with Crippen LogP contribution in [0, 0.1) is 6.92 Å². The van der Waals surface area contributed by atoms with Crippen molar-refractivity contribution >= 4 is 11.3 Å². The van der Waals surface area contributed by atoms with E-state index in [9.17, 15) is 0 Å². The molecule has 0 amide bonds. The zero-order valence-corrected chi connectivity index (χ0v) is 11.2. The summed E-state index contributed by atoms with van der Waals surface area (Å²) >= 11 is 0. The van der Waals surface area contributed by atoms with Crippen molar-refractivity contribution in [3.63, 3.8) is 0 Å². The lowest BCUT2D eigenvalue weighted by atomic mass is 9.98. The van der Waals surface area contributed by atoms with Gasteiger partial charge in [-0.2, -0.15) is 5.10 Å². The van der Waals surface area contributed by atoms with E-state index in [4.69, 9.17) is 0 Å². The number of piperidine rings is 1. The Morgan fingerprint density at radius 2 is 2.00 bits per heavy atom. The van der Waals surface area contributed by atoms with E-state index in [1.54, 1.807) is 0 Å². The van der Waals surface area contributed by atoms with E-state index in [2.05, 4.69) is 27.6 Å². The summed E-state index contributed by atoms with van der Waals surface area (Å²) in [6, 6.07) is 3.30. The van der Waals surface area contributed by atoms with Crippen LogP contribution in [0.4, 0.5) is 5.82 Å². The largest absolute Gasteiger partial charge is 0.348 e. The van der Waals surface area contributed by atoms with Crippen LogP contribution in [0.2, 0.25) is 0 Å². The number of aromatic nitrogens is 3. The first-order valence-corrected chi connectivity index (χ1v) is 6.98. The highest BCUT2D eigenvalue weighted by atomic mass is 15.3. The highest BCUT2D eigenvalue weighted by Gasteiger charge is 2.39. The average molecular weight is 254 g/mol. The highest BCUT2D eigenvalue weighted by Crippen LogP contribution is 2.41. The molecule has 0 radical (unpaired) electrons. The SMILES string of the molecule is C=C1CC2CCC(C1)N2c1nccn2nc(C)cc12. The summed E-state index contributed by atoms with van der Waals surface area (Å²) in [5.74, 6) is 1.10. The van der Waals surface area contributed by atoms with Crippen molar-refractivity contribution in [1.82, 2.24) is 14.6 Å². The Bertz CT molecular complexity index is 641. The van der Waals surface area contributed by atoms with Gasteiger partial charge in [-0.25, -0.2) is 9.50 Å². The molecule has 0 saturated carbocycles. The molecular formula is C15H18N4. The van der Waals surface area contributed by atoms with Crippen LogP contribution in [0.3, 0.4) is 0 Å². The first kappa shape index (κ1) is 11.0. The molecule has 4 nitrogen and oxygen atoms in total. The van der Waals surface area contributed by atoms with E-state index < -0.39 is 0 Å². The third kappa shape index (κ3) is 1.59. The van der Waals surface area contributed by atoms with E-state index in [1.165, 1.54) is 18.4 Å². The van der Waals surface area contributed by atoms with Gasteiger partial charge in [-0.3, -0.25) is 0 Å². The zero-order valence-electron chi connectivity index (χ0n) is 11.2. The molecule has 2 bridgehead atoms. The van der Waals surface area contributed by atoms with Crippen LogP contribution in [0.1, 0.15) is 31.4 Å². The standard InChI is InChI=1S/C15H18N4/c1-10-7-12-3-4-13(8-10)19(12)15-14-9-11(2)17-18(14)6-5-16-15/h5-6,9,12-13H,1,3-4,7-8H2,2H3. The van der Waals surface area contributed by atoms with Crippen LogP contribution in [0.25, 0.3) is 5.52 Å². The fourth-order valence-corrected chi connectivity index (χ4v) is 3.69. The summed E-state index contributed by atoms with van der Waals surface area (Å²) in [5.41, 5.74) is 3.58. The third-order valence-electron chi connectivity index (χ3n) is 4.40. The molecule has 4 rings (SSSR count). The fraction of sp³-hybridized carbons (Fsp3) is 0.467. The van der Waals surface area contributed by atoms with E-state index in [1.807, 2.05) is 23.8 Å². The minimum absolute atomic E-state index is 0.583. The zero-order chi connectivity index (χ0) is 13.0. The lowest BCUT2D eigenvalue weighted by Crippen LogP contribution is -2.41. The van der Waals surface area contributed by atoms with Gasteiger partial charge in [-0.15, -0.1) is 0 Å². The molecule has 19 heavy (non-hydrogen) atoms. The molecule has 2 atom stereocenters. The summed E-state index contributed by atoms with van der Waals surface area (Å²) in [7, 11) is 0. The number of fused-ring (bicyclic) bond motifs is 3. The predicted molar refractivity (Wildman–Crippen MR) is 75.4 cm³/mol. The van der Waals surface area contributed by atoms with Crippen LogP contribution >= 0.6 is 0 Å². The van der Waals surface area contributed by atoms with E-state index in [0.717, 1.165) is 29.9 Å². The van der Waals surface area contributed by atoms with Gasteiger partial charge in [0.1, 0.15) is 5.52 Å². The normalized spacial score (nSPS) is 26.4. The van der Waals surface area contributed by atoms with Crippen LogP contribution in [-0.2, 0) is 0 Å². The van der Waals surface area contributed by atoms with Gasteiger partial charge in [0.05, 0.1) is 5.69 Å². The quantitative estimate of drug-likeness (QED) is 0.734. The number of hydrogen-bond acceptors (Lipinski definition) is 3. The molecule has 0 spiro atoms. The van der Waals surface area contributed by atoms with Gasteiger partial charge in [0.2, 0.25) is 0 Å². The van der Waals surface area contributed by atoms with Crippen molar-refractivity contribution < 1.29 is 0 Å². The topological polar surface area (TPSA) is 33.4 Å². The molecule has 2 aliphatic rings.